The molecule has 7 heteroatoms. The summed E-state index contributed by atoms with van der Waals surface area (Å²) in [7, 11) is 0. The number of carbonyl (C=O) groups excluding carboxylic acids is 1. The molecule has 3 aromatic carbocycles. The predicted molar refractivity (Wildman–Crippen MR) is 137 cm³/mol. The number of hydrogen-bond acceptors (Lipinski definition) is 3. The summed E-state index contributed by atoms with van der Waals surface area (Å²) in [5.41, 5.74) is 3.83. The highest BCUT2D eigenvalue weighted by molar-refractivity contribution is 6.42. The molecule has 5 nitrogen and oxygen atoms in total. The Hall–Kier alpha value is -3.25. The molecule has 2 heterocycles. The molecule has 1 unspecified atom stereocenters. The van der Waals surface area contributed by atoms with E-state index in [-0.39, 0.29) is 5.91 Å². The van der Waals surface area contributed by atoms with Gasteiger partial charge in [0.05, 0.1) is 22.6 Å². The highest BCUT2D eigenvalue weighted by atomic mass is 35.5. The van der Waals surface area contributed by atoms with Gasteiger partial charge in [-0.1, -0.05) is 65.7 Å². The van der Waals surface area contributed by atoms with Crippen molar-refractivity contribution in [2.45, 2.75) is 25.6 Å². The minimum atomic E-state index is -0.463. The van der Waals surface area contributed by atoms with Crippen LogP contribution in [0.4, 0.5) is 0 Å². The van der Waals surface area contributed by atoms with Crippen molar-refractivity contribution in [2.24, 2.45) is 0 Å². The van der Waals surface area contributed by atoms with Gasteiger partial charge in [0, 0.05) is 29.0 Å². The number of furan rings is 1. The molecule has 0 aliphatic rings. The van der Waals surface area contributed by atoms with Crippen LogP contribution in [0.15, 0.2) is 83.4 Å². The van der Waals surface area contributed by atoms with E-state index in [4.69, 9.17) is 27.6 Å². The van der Waals surface area contributed by atoms with E-state index in [1.165, 1.54) is 0 Å². The van der Waals surface area contributed by atoms with Crippen LogP contribution in [0.5, 0.6) is 0 Å². The first-order valence-corrected chi connectivity index (χ1v) is 11.8. The maximum atomic E-state index is 13.3. The number of carbonyl (C=O) groups is 1. The van der Waals surface area contributed by atoms with Crippen molar-refractivity contribution in [3.05, 3.63) is 106 Å². The molecule has 0 saturated heterocycles. The molecule has 1 atom stereocenters. The zero-order valence-corrected chi connectivity index (χ0v) is 19.8. The minimum absolute atomic E-state index is 0.104. The molecule has 0 aliphatic heterocycles. The first-order valence-electron chi connectivity index (χ1n) is 11.0. The molecule has 0 spiro atoms. The SMILES string of the molecule is O=C(NCc1ccc(Cl)c(Cl)c1)C(Cc1c[nH]c2ccccc12)NCc1cc2ccccc2o1. The van der Waals surface area contributed by atoms with Gasteiger partial charge in [0.2, 0.25) is 5.91 Å². The number of H-pyrrole nitrogens is 1. The minimum Gasteiger partial charge on any atom is -0.460 e. The zero-order valence-electron chi connectivity index (χ0n) is 18.3. The van der Waals surface area contributed by atoms with Gasteiger partial charge in [0.1, 0.15) is 11.3 Å². The molecule has 5 rings (SSSR count). The van der Waals surface area contributed by atoms with Gasteiger partial charge in [-0.25, -0.2) is 0 Å². The number of aromatic nitrogens is 1. The van der Waals surface area contributed by atoms with Crippen molar-refractivity contribution in [1.29, 1.82) is 0 Å². The van der Waals surface area contributed by atoms with Crippen LogP contribution >= 0.6 is 23.2 Å². The van der Waals surface area contributed by atoms with Crippen molar-refractivity contribution in [3.63, 3.8) is 0 Å². The Kier molecular flexibility index (Phi) is 6.59. The summed E-state index contributed by atoms with van der Waals surface area (Å²) in [5, 5.41) is 9.51. The van der Waals surface area contributed by atoms with Crippen LogP contribution in [0.3, 0.4) is 0 Å². The molecule has 0 bridgehead atoms. The highest BCUT2D eigenvalue weighted by Gasteiger charge is 2.21. The van der Waals surface area contributed by atoms with E-state index in [1.807, 2.05) is 60.8 Å². The third-order valence-electron chi connectivity index (χ3n) is 5.87. The summed E-state index contributed by atoms with van der Waals surface area (Å²) < 4.78 is 5.93. The predicted octanol–water partition coefficient (Wildman–Crippen LogP) is 6.24. The Morgan fingerprint density at radius 3 is 2.62 bits per heavy atom. The van der Waals surface area contributed by atoms with Gasteiger partial charge in [-0.05, 0) is 47.9 Å². The Labute approximate surface area is 207 Å². The molecule has 0 radical (unpaired) electrons. The van der Waals surface area contributed by atoms with Crippen LogP contribution in [-0.2, 0) is 24.3 Å². The zero-order chi connectivity index (χ0) is 23.5. The first kappa shape index (κ1) is 22.5. The first-order chi connectivity index (χ1) is 16.6. The topological polar surface area (TPSA) is 70.1 Å². The van der Waals surface area contributed by atoms with Gasteiger partial charge in [-0.2, -0.15) is 0 Å². The molecule has 3 N–H and O–H groups in total. The monoisotopic (exact) mass is 491 g/mol. The molecular weight excluding hydrogens is 469 g/mol. The fourth-order valence-corrected chi connectivity index (χ4v) is 4.41. The van der Waals surface area contributed by atoms with E-state index in [2.05, 4.69) is 21.7 Å². The molecule has 2 aromatic heterocycles. The summed E-state index contributed by atoms with van der Waals surface area (Å²) in [6.07, 6.45) is 2.49. The third-order valence-corrected chi connectivity index (χ3v) is 6.60. The standard InChI is InChI=1S/C27H23Cl2N3O2/c28-22-10-9-17(11-23(22)29)14-32-27(33)25(13-19-15-30-24-7-3-2-6-21(19)24)31-16-20-12-18-5-1-4-8-26(18)34-20/h1-12,15,25,30-31H,13-14,16H2,(H,32,33). The Balaban J connectivity index is 1.33. The second-order valence-corrected chi connectivity index (χ2v) is 9.03. The maximum absolute atomic E-state index is 13.3. The Morgan fingerprint density at radius 1 is 0.941 bits per heavy atom. The van der Waals surface area contributed by atoms with E-state index in [1.54, 1.807) is 12.1 Å². The molecule has 1 amide bonds. The third kappa shape index (κ3) is 4.97. The average molecular weight is 492 g/mol. The number of nitrogens with one attached hydrogen (secondary N) is 3. The van der Waals surface area contributed by atoms with Gasteiger partial charge < -0.3 is 14.7 Å². The van der Waals surface area contributed by atoms with E-state index in [9.17, 15) is 4.79 Å². The second-order valence-electron chi connectivity index (χ2n) is 8.21. The number of aromatic amines is 1. The number of benzene rings is 3. The molecule has 34 heavy (non-hydrogen) atoms. The second kappa shape index (κ2) is 9.94. The van der Waals surface area contributed by atoms with E-state index in [0.29, 0.717) is 29.6 Å². The number of hydrogen-bond donors (Lipinski definition) is 3. The van der Waals surface area contributed by atoms with Crippen molar-refractivity contribution in [1.82, 2.24) is 15.6 Å². The smallest absolute Gasteiger partial charge is 0.237 e. The lowest BCUT2D eigenvalue weighted by Gasteiger charge is -2.18. The molecule has 0 fully saturated rings. The summed E-state index contributed by atoms with van der Waals surface area (Å²) >= 11 is 12.1. The quantitative estimate of drug-likeness (QED) is 0.240. The number of rotatable bonds is 8. The van der Waals surface area contributed by atoms with Crippen LogP contribution in [-0.4, -0.2) is 16.9 Å². The van der Waals surface area contributed by atoms with E-state index in [0.717, 1.165) is 38.8 Å². The van der Waals surface area contributed by atoms with Gasteiger partial charge >= 0.3 is 0 Å². The van der Waals surface area contributed by atoms with E-state index >= 15 is 0 Å². The van der Waals surface area contributed by atoms with Crippen molar-refractivity contribution >= 4 is 51.0 Å². The average Bonchev–Trinajstić information content (AvgIpc) is 3.46. The number of halogens is 2. The summed E-state index contributed by atoms with van der Waals surface area (Å²) in [6, 6.07) is 22.8. The highest BCUT2D eigenvalue weighted by Crippen LogP contribution is 2.23. The molecule has 0 aliphatic carbocycles. The summed E-state index contributed by atoms with van der Waals surface area (Å²) in [4.78, 5) is 16.5. The van der Waals surface area contributed by atoms with Crippen molar-refractivity contribution in [2.75, 3.05) is 0 Å². The fourth-order valence-electron chi connectivity index (χ4n) is 4.09. The maximum Gasteiger partial charge on any atom is 0.237 e. The fraction of sp³-hybridized carbons (Fsp3) is 0.148. The van der Waals surface area contributed by atoms with Gasteiger partial charge in [0.15, 0.2) is 0 Å². The normalized spacial score (nSPS) is 12.3. The Morgan fingerprint density at radius 2 is 1.76 bits per heavy atom. The molecular formula is C27H23Cl2N3O2. The largest absolute Gasteiger partial charge is 0.460 e. The lowest BCUT2D eigenvalue weighted by atomic mass is 10.0. The lowest BCUT2D eigenvalue weighted by Crippen LogP contribution is -2.45. The van der Waals surface area contributed by atoms with Crippen molar-refractivity contribution in [3.8, 4) is 0 Å². The van der Waals surface area contributed by atoms with Gasteiger partial charge in [-0.15, -0.1) is 0 Å². The number of para-hydroxylation sites is 2. The number of fused-ring (bicyclic) bond motifs is 2. The van der Waals surface area contributed by atoms with Crippen LogP contribution in [0, 0.1) is 0 Å². The van der Waals surface area contributed by atoms with Crippen LogP contribution in [0.1, 0.15) is 16.9 Å². The molecule has 172 valence electrons. The van der Waals surface area contributed by atoms with Crippen LogP contribution in [0.2, 0.25) is 10.0 Å². The lowest BCUT2D eigenvalue weighted by molar-refractivity contribution is -0.123. The summed E-state index contributed by atoms with van der Waals surface area (Å²) in [6.45, 7) is 0.786. The Bertz CT molecular complexity index is 1420. The number of amides is 1. The van der Waals surface area contributed by atoms with E-state index < -0.39 is 6.04 Å². The molecule has 0 saturated carbocycles. The van der Waals surface area contributed by atoms with Crippen LogP contribution in [0.25, 0.3) is 21.9 Å². The summed E-state index contributed by atoms with van der Waals surface area (Å²) in [5.74, 6) is 0.676. The van der Waals surface area contributed by atoms with Gasteiger partial charge in [-0.3, -0.25) is 10.1 Å². The van der Waals surface area contributed by atoms with Gasteiger partial charge in [0.25, 0.3) is 0 Å². The van der Waals surface area contributed by atoms with Crippen molar-refractivity contribution < 1.29 is 9.21 Å². The van der Waals surface area contributed by atoms with Crippen LogP contribution < -0.4 is 10.6 Å². The molecule has 5 aromatic rings.